The van der Waals surface area contributed by atoms with Gasteiger partial charge in [0.05, 0.1) is 0 Å². The molecule has 0 N–H and O–H groups in total. The summed E-state index contributed by atoms with van der Waals surface area (Å²) in [5, 5.41) is 0. The number of benzene rings is 1. The Balaban J connectivity index is 2.16. The molecule has 0 aliphatic rings. The van der Waals surface area contributed by atoms with Crippen LogP contribution in [0.5, 0.6) is 11.8 Å². The predicted octanol–water partition coefficient (Wildman–Crippen LogP) is 2.07. The molecule has 2 rings (SSSR count). The van der Waals surface area contributed by atoms with Gasteiger partial charge in [-0.05, 0) is 12.1 Å². The van der Waals surface area contributed by atoms with E-state index in [9.17, 15) is 0 Å². The summed E-state index contributed by atoms with van der Waals surface area (Å²) in [6.07, 6.45) is 3.04. The number of aromatic nitrogens is 2. The van der Waals surface area contributed by atoms with E-state index < -0.39 is 0 Å². The molecule has 0 amide bonds. The first-order valence-corrected chi connectivity index (χ1v) is 3.86. The van der Waals surface area contributed by atoms with Crippen LogP contribution < -0.4 is 4.74 Å². The first-order valence-electron chi connectivity index (χ1n) is 3.86. The SMILES string of the molecule is [c]1cnc(Oc2ccccc2)nc1. The molecule has 2 aromatic rings. The number of ether oxygens (including phenoxy) is 1. The van der Waals surface area contributed by atoms with Gasteiger partial charge in [0, 0.05) is 18.5 Å². The number of para-hydroxylation sites is 1. The van der Waals surface area contributed by atoms with Gasteiger partial charge in [0.1, 0.15) is 5.75 Å². The van der Waals surface area contributed by atoms with Crippen LogP contribution in [0.15, 0.2) is 42.7 Å². The zero-order valence-electron chi connectivity index (χ0n) is 6.84. The van der Waals surface area contributed by atoms with E-state index in [1.54, 1.807) is 0 Å². The second-order valence-corrected chi connectivity index (χ2v) is 2.38. The van der Waals surface area contributed by atoms with Crippen molar-refractivity contribution < 1.29 is 4.74 Å². The van der Waals surface area contributed by atoms with Gasteiger partial charge in [-0.3, -0.25) is 0 Å². The summed E-state index contributed by atoms with van der Waals surface area (Å²) < 4.78 is 5.34. The number of hydrogen-bond donors (Lipinski definition) is 0. The minimum Gasteiger partial charge on any atom is -0.424 e. The van der Waals surface area contributed by atoms with Crippen LogP contribution in [-0.4, -0.2) is 9.97 Å². The third-order valence-corrected chi connectivity index (χ3v) is 1.45. The molecule has 0 saturated heterocycles. The highest BCUT2D eigenvalue weighted by molar-refractivity contribution is 5.23. The highest BCUT2D eigenvalue weighted by Crippen LogP contribution is 2.14. The van der Waals surface area contributed by atoms with Crippen LogP contribution in [0, 0.1) is 6.07 Å². The fourth-order valence-electron chi connectivity index (χ4n) is 0.898. The molecule has 0 unspecified atom stereocenters. The molecule has 0 saturated carbocycles. The third-order valence-electron chi connectivity index (χ3n) is 1.45. The van der Waals surface area contributed by atoms with Crippen molar-refractivity contribution >= 4 is 0 Å². The van der Waals surface area contributed by atoms with E-state index >= 15 is 0 Å². The lowest BCUT2D eigenvalue weighted by Gasteiger charge is -2.00. The zero-order chi connectivity index (χ0) is 8.93. The van der Waals surface area contributed by atoms with Gasteiger partial charge >= 0.3 is 6.01 Å². The first kappa shape index (κ1) is 7.73. The molecule has 0 spiro atoms. The van der Waals surface area contributed by atoms with Crippen molar-refractivity contribution in [3.63, 3.8) is 0 Å². The van der Waals surface area contributed by atoms with Crippen molar-refractivity contribution in [1.82, 2.24) is 9.97 Å². The van der Waals surface area contributed by atoms with Crippen molar-refractivity contribution in [2.24, 2.45) is 0 Å². The molecule has 0 atom stereocenters. The molecule has 3 nitrogen and oxygen atoms in total. The molecule has 1 aromatic heterocycles. The Morgan fingerprint density at radius 2 is 1.69 bits per heavy atom. The van der Waals surface area contributed by atoms with E-state index in [0.717, 1.165) is 5.75 Å². The quantitative estimate of drug-likeness (QED) is 0.693. The minimum absolute atomic E-state index is 0.338. The largest absolute Gasteiger partial charge is 0.424 e. The number of hydrogen-bond acceptors (Lipinski definition) is 3. The third kappa shape index (κ3) is 2.02. The smallest absolute Gasteiger partial charge is 0.321 e. The summed E-state index contributed by atoms with van der Waals surface area (Å²) >= 11 is 0. The molecule has 0 bridgehead atoms. The summed E-state index contributed by atoms with van der Waals surface area (Å²) in [5.74, 6) is 0.730. The molecule has 0 aliphatic carbocycles. The lowest BCUT2D eigenvalue weighted by atomic mass is 10.3. The van der Waals surface area contributed by atoms with E-state index in [4.69, 9.17) is 4.74 Å². The molecule has 13 heavy (non-hydrogen) atoms. The average molecular weight is 171 g/mol. The van der Waals surface area contributed by atoms with Gasteiger partial charge < -0.3 is 4.74 Å². The Morgan fingerprint density at radius 1 is 1.00 bits per heavy atom. The van der Waals surface area contributed by atoms with Crippen molar-refractivity contribution in [2.45, 2.75) is 0 Å². The number of nitrogens with zero attached hydrogens (tertiary/aromatic N) is 2. The molecule has 1 aromatic carbocycles. The number of rotatable bonds is 2. The van der Waals surface area contributed by atoms with Gasteiger partial charge in [-0.25, -0.2) is 9.97 Å². The fourth-order valence-corrected chi connectivity index (χ4v) is 0.898. The Hall–Kier alpha value is -1.90. The lowest BCUT2D eigenvalue weighted by Crippen LogP contribution is -1.89. The minimum atomic E-state index is 0.338. The van der Waals surface area contributed by atoms with E-state index in [1.807, 2.05) is 30.3 Å². The van der Waals surface area contributed by atoms with Crippen LogP contribution in [0.4, 0.5) is 0 Å². The molecule has 0 aliphatic heterocycles. The summed E-state index contributed by atoms with van der Waals surface area (Å²) in [4.78, 5) is 7.77. The van der Waals surface area contributed by atoms with Gasteiger partial charge in [-0.15, -0.1) is 0 Å². The Bertz CT molecular complexity index is 324. The molecular formula is C10H7N2O. The Kier molecular flexibility index (Phi) is 2.18. The maximum Gasteiger partial charge on any atom is 0.321 e. The monoisotopic (exact) mass is 171 g/mol. The van der Waals surface area contributed by atoms with E-state index in [2.05, 4.69) is 16.0 Å². The van der Waals surface area contributed by atoms with Crippen LogP contribution in [0.2, 0.25) is 0 Å². The van der Waals surface area contributed by atoms with Crippen molar-refractivity contribution in [1.29, 1.82) is 0 Å². The molecule has 63 valence electrons. The van der Waals surface area contributed by atoms with Gasteiger partial charge in [0.2, 0.25) is 0 Å². The van der Waals surface area contributed by atoms with Crippen LogP contribution >= 0.6 is 0 Å². The topological polar surface area (TPSA) is 35.0 Å². The Labute approximate surface area is 76.0 Å². The first-order chi connectivity index (χ1) is 6.45. The second kappa shape index (κ2) is 3.67. The van der Waals surface area contributed by atoms with Crippen LogP contribution in [0.25, 0.3) is 0 Å². The molecule has 1 heterocycles. The predicted molar refractivity (Wildman–Crippen MR) is 47.4 cm³/mol. The van der Waals surface area contributed by atoms with Crippen LogP contribution in [-0.2, 0) is 0 Å². The Morgan fingerprint density at radius 3 is 2.38 bits per heavy atom. The highest BCUT2D eigenvalue weighted by atomic mass is 16.5. The average Bonchev–Trinajstić information content (AvgIpc) is 2.21. The van der Waals surface area contributed by atoms with Gasteiger partial charge in [-0.1, -0.05) is 18.2 Å². The summed E-state index contributed by atoms with van der Waals surface area (Å²) in [5.41, 5.74) is 0. The molecule has 3 heteroatoms. The van der Waals surface area contributed by atoms with Crippen molar-refractivity contribution in [3.8, 4) is 11.8 Å². The fraction of sp³-hybridized carbons (Fsp3) is 0. The maximum absolute atomic E-state index is 5.34. The highest BCUT2D eigenvalue weighted by Gasteiger charge is 1.95. The normalized spacial score (nSPS) is 9.54. The van der Waals surface area contributed by atoms with Gasteiger partial charge in [0.15, 0.2) is 0 Å². The lowest BCUT2D eigenvalue weighted by molar-refractivity contribution is 0.441. The molecule has 1 radical (unpaired) electrons. The molecule has 0 fully saturated rings. The van der Waals surface area contributed by atoms with E-state index in [0.29, 0.717) is 6.01 Å². The second-order valence-electron chi connectivity index (χ2n) is 2.38. The van der Waals surface area contributed by atoms with Crippen molar-refractivity contribution in [3.05, 3.63) is 48.8 Å². The standard InChI is InChI=1S/C10H7N2O/c1-2-5-9(6-3-1)13-10-11-7-4-8-12-10/h1-3,5-8H. The van der Waals surface area contributed by atoms with E-state index in [-0.39, 0.29) is 0 Å². The van der Waals surface area contributed by atoms with Gasteiger partial charge in [0.25, 0.3) is 0 Å². The van der Waals surface area contributed by atoms with Crippen LogP contribution in [0.3, 0.4) is 0 Å². The van der Waals surface area contributed by atoms with E-state index in [1.165, 1.54) is 12.4 Å². The van der Waals surface area contributed by atoms with Crippen LogP contribution in [0.1, 0.15) is 0 Å². The zero-order valence-corrected chi connectivity index (χ0v) is 6.84. The van der Waals surface area contributed by atoms with Crippen molar-refractivity contribution in [2.75, 3.05) is 0 Å². The maximum atomic E-state index is 5.34. The summed E-state index contributed by atoms with van der Waals surface area (Å²) in [7, 11) is 0. The molecular weight excluding hydrogens is 164 g/mol. The summed E-state index contributed by atoms with van der Waals surface area (Å²) in [6.45, 7) is 0. The summed E-state index contributed by atoms with van der Waals surface area (Å²) in [6, 6.07) is 12.5. The van der Waals surface area contributed by atoms with Gasteiger partial charge in [-0.2, -0.15) is 0 Å².